The van der Waals surface area contributed by atoms with Gasteiger partial charge in [0.25, 0.3) is 0 Å². The Bertz CT molecular complexity index is 922. The van der Waals surface area contributed by atoms with Crippen molar-refractivity contribution in [3.63, 3.8) is 0 Å². The molecule has 2 N–H and O–H groups in total. The SMILES string of the molecule is NCc1c(Oc2cccc3ncccc23)nc2sccn12. The fourth-order valence-electron chi connectivity index (χ4n) is 2.35. The fourth-order valence-corrected chi connectivity index (χ4v) is 3.07. The number of fused-ring (bicyclic) bond motifs is 2. The third-order valence-electron chi connectivity index (χ3n) is 3.33. The Morgan fingerprint density at radius 2 is 2.19 bits per heavy atom. The molecular formula is C15H12N4OS. The van der Waals surface area contributed by atoms with Gasteiger partial charge < -0.3 is 10.5 Å². The summed E-state index contributed by atoms with van der Waals surface area (Å²) in [4.78, 5) is 9.71. The van der Waals surface area contributed by atoms with Gasteiger partial charge in [0.1, 0.15) is 11.4 Å². The molecule has 0 amide bonds. The van der Waals surface area contributed by atoms with Gasteiger partial charge in [-0.25, -0.2) is 0 Å². The van der Waals surface area contributed by atoms with Crippen molar-refractivity contribution in [3.8, 4) is 11.6 Å². The zero-order valence-electron chi connectivity index (χ0n) is 11.1. The van der Waals surface area contributed by atoms with E-state index in [1.54, 1.807) is 17.5 Å². The van der Waals surface area contributed by atoms with Crippen LogP contribution in [0.1, 0.15) is 5.69 Å². The van der Waals surface area contributed by atoms with Crippen molar-refractivity contribution >= 4 is 27.2 Å². The van der Waals surface area contributed by atoms with Gasteiger partial charge in [-0.2, -0.15) is 4.98 Å². The summed E-state index contributed by atoms with van der Waals surface area (Å²) in [6.45, 7) is 0.371. The second-order valence-corrected chi connectivity index (χ2v) is 5.42. The molecule has 0 aliphatic carbocycles. The zero-order chi connectivity index (χ0) is 14.2. The van der Waals surface area contributed by atoms with E-state index in [2.05, 4.69) is 9.97 Å². The highest BCUT2D eigenvalue weighted by Crippen LogP contribution is 2.31. The van der Waals surface area contributed by atoms with Crippen molar-refractivity contribution in [3.05, 3.63) is 53.8 Å². The summed E-state index contributed by atoms with van der Waals surface area (Å²) in [7, 11) is 0. The molecule has 5 nitrogen and oxygen atoms in total. The van der Waals surface area contributed by atoms with Gasteiger partial charge in [0, 0.05) is 29.7 Å². The molecule has 3 heterocycles. The quantitative estimate of drug-likeness (QED) is 0.630. The highest BCUT2D eigenvalue weighted by Gasteiger charge is 2.15. The molecule has 0 unspecified atom stereocenters. The Kier molecular flexibility index (Phi) is 2.83. The van der Waals surface area contributed by atoms with Gasteiger partial charge >= 0.3 is 0 Å². The maximum absolute atomic E-state index is 6.01. The summed E-state index contributed by atoms with van der Waals surface area (Å²) >= 11 is 1.56. The van der Waals surface area contributed by atoms with Crippen LogP contribution in [0.2, 0.25) is 0 Å². The fraction of sp³-hybridized carbons (Fsp3) is 0.0667. The van der Waals surface area contributed by atoms with Crippen LogP contribution in [0.4, 0.5) is 0 Å². The first-order valence-electron chi connectivity index (χ1n) is 6.53. The maximum atomic E-state index is 6.01. The predicted octanol–water partition coefficient (Wildman–Crippen LogP) is 3.20. The van der Waals surface area contributed by atoms with E-state index in [1.165, 1.54) is 0 Å². The average Bonchev–Trinajstić information content (AvgIpc) is 3.08. The molecule has 0 aliphatic rings. The van der Waals surface area contributed by atoms with Crippen LogP contribution in [0.15, 0.2) is 48.1 Å². The van der Waals surface area contributed by atoms with Crippen LogP contribution in [0.5, 0.6) is 11.6 Å². The first-order valence-corrected chi connectivity index (χ1v) is 7.41. The molecule has 3 aromatic heterocycles. The number of ether oxygens (including phenoxy) is 1. The Balaban J connectivity index is 1.84. The van der Waals surface area contributed by atoms with E-state index < -0.39 is 0 Å². The van der Waals surface area contributed by atoms with Crippen molar-refractivity contribution in [2.75, 3.05) is 0 Å². The summed E-state index contributed by atoms with van der Waals surface area (Å²) in [5.41, 5.74) is 7.60. The van der Waals surface area contributed by atoms with Crippen molar-refractivity contribution in [2.24, 2.45) is 5.73 Å². The van der Waals surface area contributed by atoms with Crippen molar-refractivity contribution < 1.29 is 4.74 Å². The van der Waals surface area contributed by atoms with Crippen LogP contribution in [0, 0.1) is 0 Å². The van der Waals surface area contributed by atoms with Crippen molar-refractivity contribution in [1.29, 1.82) is 0 Å². The molecule has 0 radical (unpaired) electrons. The number of pyridine rings is 1. The molecule has 0 saturated heterocycles. The molecule has 4 aromatic rings. The summed E-state index contributed by atoms with van der Waals surface area (Å²) < 4.78 is 7.97. The largest absolute Gasteiger partial charge is 0.436 e. The van der Waals surface area contributed by atoms with Crippen LogP contribution in [-0.2, 0) is 6.54 Å². The average molecular weight is 296 g/mol. The second-order valence-electron chi connectivity index (χ2n) is 4.55. The summed E-state index contributed by atoms with van der Waals surface area (Å²) in [5.74, 6) is 1.29. The van der Waals surface area contributed by atoms with E-state index in [0.717, 1.165) is 27.3 Å². The first kappa shape index (κ1) is 12.3. The lowest BCUT2D eigenvalue weighted by atomic mass is 10.2. The lowest BCUT2D eigenvalue weighted by molar-refractivity contribution is 0.464. The molecule has 4 rings (SSSR count). The first-order chi connectivity index (χ1) is 10.4. The monoisotopic (exact) mass is 296 g/mol. The van der Waals surface area contributed by atoms with Gasteiger partial charge in [0.2, 0.25) is 5.88 Å². The van der Waals surface area contributed by atoms with Gasteiger partial charge in [-0.15, -0.1) is 11.3 Å². The molecule has 1 aromatic carbocycles. The number of benzene rings is 1. The Morgan fingerprint density at radius 1 is 1.24 bits per heavy atom. The van der Waals surface area contributed by atoms with Crippen molar-refractivity contribution in [1.82, 2.24) is 14.4 Å². The van der Waals surface area contributed by atoms with E-state index in [0.29, 0.717) is 12.4 Å². The molecule has 0 aliphatic heterocycles. The minimum atomic E-state index is 0.371. The van der Waals surface area contributed by atoms with E-state index >= 15 is 0 Å². The second kappa shape index (κ2) is 4.83. The van der Waals surface area contributed by atoms with Crippen LogP contribution in [0.3, 0.4) is 0 Å². The molecule has 0 atom stereocenters. The molecule has 21 heavy (non-hydrogen) atoms. The molecule has 0 spiro atoms. The lowest BCUT2D eigenvalue weighted by Gasteiger charge is -2.07. The minimum Gasteiger partial charge on any atom is -0.436 e. The normalized spacial score (nSPS) is 11.3. The molecule has 0 fully saturated rings. The third-order valence-corrected chi connectivity index (χ3v) is 4.09. The Morgan fingerprint density at radius 3 is 3.10 bits per heavy atom. The zero-order valence-corrected chi connectivity index (χ0v) is 11.9. The number of thiazole rings is 1. The van der Waals surface area contributed by atoms with E-state index in [1.807, 2.05) is 46.3 Å². The third kappa shape index (κ3) is 1.96. The van der Waals surface area contributed by atoms with Gasteiger partial charge in [0.05, 0.1) is 5.52 Å². The van der Waals surface area contributed by atoms with E-state index in [-0.39, 0.29) is 0 Å². The Hall–Kier alpha value is -2.44. The molecular weight excluding hydrogens is 284 g/mol. The summed E-state index contributed by atoms with van der Waals surface area (Å²) in [6, 6.07) is 9.67. The van der Waals surface area contributed by atoms with Crippen LogP contribution in [0.25, 0.3) is 15.9 Å². The smallest absolute Gasteiger partial charge is 0.243 e. The number of aromatic nitrogens is 3. The molecule has 0 bridgehead atoms. The molecule has 6 heteroatoms. The number of hydrogen-bond donors (Lipinski definition) is 1. The van der Waals surface area contributed by atoms with Gasteiger partial charge in [-0.05, 0) is 24.3 Å². The van der Waals surface area contributed by atoms with E-state index in [4.69, 9.17) is 10.5 Å². The van der Waals surface area contributed by atoms with Crippen LogP contribution >= 0.6 is 11.3 Å². The highest BCUT2D eigenvalue weighted by atomic mass is 32.1. The summed E-state index contributed by atoms with van der Waals surface area (Å²) in [6.07, 6.45) is 3.72. The minimum absolute atomic E-state index is 0.371. The topological polar surface area (TPSA) is 65.4 Å². The number of rotatable bonds is 3. The predicted molar refractivity (Wildman–Crippen MR) is 82.8 cm³/mol. The van der Waals surface area contributed by atoms with Crippen molar-refractivity contribution in [2.45, 2.75) is 6.54 Å². The van der Waals surface area contributed by atoms with E-state index in [9.17, 15) is 0 Å². The maximum Gasteiger partial charge on any atom is 0.243 e. The molecule has 104 valence electrons. The number of nitrogens with two attached hydrogens (primary N) is 1. The summed E-state index contributed by atoms with van der Waals surface area (Å²) in [5, 5.41) is 2.94. The molecule has 0 saturated carbocycles. The highest BCUT2D eigenvalue weighted by molar-refractivity contribution is 7.15. The number of nitrogens with zero attached hydrogens (tertiary/aromatic N) is 3. The Labute approximate surface area is 124 Å². The van der Waals surface area contributed by atoms with Gasteiger partial charge in [0.15, 0.2) is 4.96 Å². The number of hydrogen-bond acceptors (Lipinski definition) is 5. The standard InChI is InChI=1S/C15H12N4OS/c16-9-12-14(18-15-19(12)7-8-21-15)20-13-5-1-4-11-10(13)3-2-6-17-11/h1-8H,9,16H2. The van der Waals surface area contributed by atoms with Crippen LogP contribution in [-0.4, -0.2) is 14.4 Å². The van der Waals surface area contributed by atoms with Gasteiger partial charge in [-0.3, -0.25) is 9.38 Å². The van der Waals surface area contributed by atoms with Gasteiger partial charge in [-0.1, -0.05) is 6.07 Å². The van der Waals surface area contributed by atoms with Crippen LogP contribution < -0.4 is 10.5 Å². The number of imidazole rings is 1. The lowest BCUT2D eigenvalue weighted by Crippen LogP contribution is -2.01.